The number of fused-ring (bicyclic) bond motifs is 1. The van der Waals surface area contributed by atoms with E-state index >= 15 is 0 Å². The second-order valence-electron chi connectivity index (χ2n) is 5.27. The Labute approximate surface area is 124 Å². The van der Waals surface area contributed by atoms with Gasteiger partial charge in [0.15, 0.2) is 11.5 Å². The lowest BCUT2D eigenvalue weighted by molar-refractivity contribution is 0.538. The monoisotopic (exact) mass is 284 g/mol. The van der Waals surface area contributed by atoms with Crippen LogP contribution in [-0.2, 0) is 20.0 Å². The van der Waals surface area contributed by atoms with Crippen LogP contribution in [0.2, 0.25) is 0 Å². The molecule has 0 aliphatic carbocycles. The highest BCUT2D eigenvalue weighted by Crippen LogP contribution is 2.21. The largest absolute Gasteiger partial charge is 0.441 e. The van der Waals surface area contributed by atoms with E-state index in [-0.39, 0.29) is 0 Å². The summed E-state index contributed by atoms with van der Waals surface area (Å²) in [5, 5.41) is 7.88. The van der Waals surface area contributed by atoms with E-state index in [0.29, 0.717) is 0 Å². The lowest BCUT2D eigenvalue weighted by Crippen LogP contribution is -2.02. The Morgan fingerprint density at radius 3 is 2.76 bits per heavy atom. The first-order valence-electron chi connectivity index (χ1n) is 7.21. The summed E-state index contributed by atoms with van der Waals surface area (Å²) in [5.41, 5.74) is 6.28. The van der Waals surface area contributed by atoms with E-state index in [2.05, 4.69) is 22.3 Å². The van der Waals surface area contributed by atoms with Crippen molar-refractivity contribution in [2.24, 2.45) is 7.05 Å². The summed E-state index contributed by atoms with van der Waals surface area (Å²) in [6.07, 6.45) is 0.811. The zero-order valence-electron chi connectivity index (χ0n) is 12.9. The molecule has 0 radical (unpaired) electrons. The normalized spacial score (nSPS) is 11.2. The summed E-state index contributed by atoms with van der Waals surface area (Å²) >= 11 is 0. The average Bonchev–Trinajstić information content (AvgIpc) is 2.98. The molecule has 3 rings (SSSR count). The molecule has 1 N–H and O–H groups in total. The molecule has 2 heterocycles. The fraction of sp³-hybridized carbons (Fsp3) is 0.375. The van der Waals surface area contributed by atoms with Crippen molar-refractivity contribution in [3.63, 3.8) is 0 Å². The van der Waals surface area contributed by atoms with E-state index in [1.165, 1.54) is 11.3 Å². The van der Waals surface area contributed by atoms with Crippen molar-refractivity contribution in [2.75, 3.05) is 5.32 Å². The molecule has 0 saturated carbocycles. The number of hydrogen-bond acceptors (Lipinski definition) is 4. The van der Waals surface area contributed by atoms with Crippen molar-refractivity contribution < 1.29 is 4.42 Å². The minimum atomic E-state index is 0.759. The number of benzene rings is 1. The van der Waals surface area contributed by atoms with Gasteiger partial charge in [-0.25, -0.2) is 4.98 Å². The Balaban J connectivity index is 1.81. The highest BCUT2D eigenvalue weighted by Gasteiger charge is 2.09. The number of rotatable bonds is 4. The van der Waals surface area contributed by atoms with Gasteiger partial charge in [-0.1, -0.05) is 6.92 Å². The predicted molar refractivity (Wildman–Crippen MR) is 83.4 cm³/mol. The van der Waals surface area contributed by atoms with Gasteiger partial charge in [0, 0.05) is 37.0 Å². The topological polar surface area (TPSA) is 55.9 Å². The van der Waals surface area contributed by atoms with Crippen LogP contribution in [0.15, 0.2) is 22.6 Å². The number of nitrogens with one attached hydrogen (secondary N) is 1. The first-order chi connectivity index (χ1) is 10.1. The number of nitrogens with zero attached hydrogens (tertiary/aromatic N) is 3. The van der Waals surface area contributed by atoms with Crippen LogP contribution < -0.4 is 5.32 Å². The lowest BCUT2D eigenvalue weighted by Gasteiger charge is -2.06. The molecular weight excluding hydrogens is 264 g/mol. The molecule has 0 saturated heterocycles. The third kappa shape index (κ3) is 2.51. The van der Waals surface area contributed by atoms with Crippen LogP contribution in [0.1, 0.15) is 29.8 Å². The minimum Gasteiger partial charge on any atom is -0.441 e. The second kappa shape index (κ2) is 5.24. The molecule has 0 amide bonds. The van der Waals surface area contributed by atoms with Gasteiger partial charge in [0.1, 0.15) is 5.52 Å². The average molecular weight is 284 g/mol. The standard InChI is InChI=1S/C16H20N4O/c1-5-16-18-14-8-12(6-7-15(14)21-16)17-9-13-10(2)19-20(4)11(13)3/h6-8,17H,5,9H2,1-4H3. The van der Waals surface area contributed by atoms with Crippen LogP contribution in [0.4, 0.5) is 5.69 Å². The van der Waals surface area contributed by atoms with Crippen LogP contribution >= 0.6 is 0 Å². The first kappa shape index (κ1) is 13.7. The molecule has 0 spiro atoms. The molecule has 5 nitrogen and oxygen atoms in total. The van der Waals surface area contributed by atoms with E-state index in [4.69, 9.17) is 4.42 Å². The summed E-state index contributed by atoms with van der Waals surface area (Å²) in [7, 11) is 1.97. The summed E-state index contributed by atoms with van der Waals surface area (Å²) in [6.45, 7) is 6.93. The van der Waals surface area contributed by atoms with E-state index in [9.17, 15) is 0 Å². The van der Waals surface area contributed by atoms with Gasteiger partial charge in [-0.15, -0.1) is 0 Å². The van der Waals surface area contributed by atoms with Gasteiger partial charge in [-0.05, 0) is 32.0 Å². The molecule has 0 aliphatic heterocycles. The molecule has 1 aromatic carbocycles. The van der Waals surface area contributed by atoms with Gasteiger partial charge in [0.25, 0.3) is 0 Å². The highest BCUT2D eigenvalue weighted by molar-refractivity contribution is 5.77. The molecule has 5 heteroatoms. The fourth-order valence-corrected chi connectivity index (χ4v) is 2.50. The van der Waals surface area contributed by atoms with Crippen molar-refractivity contribution in [2.45, 2.75) is 33.7 Å². The summed E-state index contributed by atoms with van der Waals surface area (Å²) in [4.78, 5) is 4.46. The maximum absolute atomic E-state index is 5.62. The number of hydrogen-bond donors (Lipinski definition) is 1. The van der Waals surface area contributed by atoms with Gasteiger partial charge in [-0.3, -0.25) is 4.68 Å². The molecule has 0 aliphatic rings. The van der Waals surface area contributed by atoms with E-state index in [0.717, 1.165) is 41.3 Å². The quantitative estimate of drug-likeness (QED) is 0.798. The number of aromatic nitrogens is 3. The van der Waals surface area contributed by atoms with E-state index in [1.54, 1.807) is 0 Å². The molecule has 2 aromatic heterocycles. The van der Waals surface area contributed by atoms with Crippen molar-refractivity contribution >= 4 is 16.8 Å². The molecule has 21 heavy (non-hydrogen) atoms. The Bertz CT molecular complexity index is 785. The van der Waals surface area contributed by atoms with Crippen LogP contribution in [0.25, 0.3) is 11.1 Å². The third-order valence-corrected chi connectivity index (χ3v) is 3.86. The van der Waals surface area contributed by atoms with Gasteiger partial charge in [0.2, 0.25) is 0 Å². The Kier molecular flexibility index (Phi) is 3.41. The summed E-state index contributed by atoms with van der Waals surface area (Å²) in [5.74, 6) is 0.779. The van der Waals surface area contributed by atoms with Crippen molar-refractivity contribution in [1.82, 2.24) is 14.8 Å². The SMILES string of the molecule is CCc1nc2cc(NCc3c(C)nn(C)c3C)ccc2o1. The summed E-state index contributed by atoms with van der Waals surface area (Å²) < 4.78 is 7.54. The van der Waals surface area contributed by atoms with Crippen molar-refractivity contribution in [3.8, 4) is 0 Å². The zero-order chi connectivity index (χ0) is 15.0. The van der Waals surface area contributed by atoms with Crippen LogP contribution in [0, 0.1) is 13.8 Å². The maximum Gasteiger partial charge on any atom is 0.195 e. The highest BCUT2D eigenvalue weighted by atomic mass is 16.3. The van der Waals surface area contributed by atoms with Crippen molar-refractivity contribution in [3.05, 3.63) is 41.0 Å². The molecule has 0 atom stereocenters. The van der Waals surface area contributed by atoms with Gasteiger partial charge < -0.3 is 9.73 Å². The van der Waals surface area contributed by atoms with Crippen molar-refractivity contribution in [1.29, 1.82) is 0 Å². The van der Waals surface area contributed by atoms with Crippen LogP contribution in [0.3, 0.4) is 0 Å². The Morgan fingerprint density at radius 2 is 2.10 bits per heavy atom. The molecule has 0 bridgehead atoms. The molecule has 110 valence electrons. The summed E-state index contributed by atoms with van der Waals surface area (Å²) in [6, 6.07) is 6.01. The van der Waals surface area contributed by atoms with Crippen LogP contribution in [0.5, 0.6) is 0 Å². The Morgan fingerprint density at radius 1 is 1.29 bits per heavy atom. The van der Waals surface area contributed by atoms with E-state index < -0.39 is 0 Å². The maximum atomic E-state index is 5.62. The lowest BCUT2D eigenvalue weighted by atomic mass is 10.2. The van der Waals surface area contributed by atoms with Crippen LogP contribution in [-0.4, -0.2) is 14.8 Å². The van der Waals surface area contributed by atoms with Gasteiger partial charge in [-0.2, -0.15) is 5.10 Å². The molecule has 0 unspecified atom stereocenters. The number of oxazole rings is 1. The fourth-order valence-electron chi connectivity index (χ4n) is 2.50. The van der Waals surface area contributed by atoms with E-state index in [1.807, 2.05) is 43.8 Å². The van der Waals surface area contributed by atoms with Gasteiger partial charge in [0.05, 0.1) is 5.69 Å². The predicted octanol–water partition coefficient (Wildman–Crippen LogP) is 3.35. The first-order valence-corrected chi connectivity index (χ1v) is 7.21. The van der Waals surface area contributed by atoms with Gasteiger partial charge >= 0.3 is 0 Å². The third-order valence-electron chi connectivity index (χ3n) is 3.86. The minimum absolute atomic E-state index is 0.759. The second-order valence-corrected chi connectivity index (χ2v) is 5.27. The molecular formula is C16H20N4O. The Hall–Kier alpha value is -2.30. The number of anilines is 1. The number of aryl methyl sites for hydroxylation is 3. The molecule has 3 aromatic rings. The smallest absolute Gasteiger partial charge is 0.195 e. The molecule has 0 fully saturated rings. The zero-order valence-corrected chi connectivity index (χ0v) is 12.9.